The Labute approximate surface area is 72.0 Å². The van der Waals surface area contributed by atoms with Crippen LogP contribution in [0.4, 0.5) is 0 Å². The highest BCUT2D eigenvalue weighted by molar-refractivity contribution is 5.85. The third-order valence-electron chi connectivity index (χ3n) is 1.79. The summed E-state index contributed by atoms with van der Waals surface area (Å²) in [6.45, 7) is 0.555. The largest absolute Gasteiger partial charge is 0.325 e. The van der Waals surface area contributed by atoms with Crippen LogP contribution in [0.3, 0.4) is 0 Å². The van der Waals surface area contributed by atoms with Gasteiger partial charge in [-0.2, -0.15) is 5.10 Å². The summed E-state index contributed by atoms with van der Waals surface area (Å²) in [6.07, 6.45) is 4.58. The molecule has 0 atom stereocenters. The molecule has 1 heterocycles. The van der Waals surface area contributed by atoms with Crippen molar-refractivity contribution in [1.82, 2.24) is 9.78 Å². The molecule has 3 nitrogen and oxygen atoms in total. The monoisotopic (exact) mass is 173 g/mol. The quantitative estimate of drug-likeness (QED) is 0.728. The Hall–Kier alpha value is -0.540. The maximum absolute atomic E-state index is 5.41. The van der Waals surface area contributed by atoms with Gasteiger partial charge in [0.15, 0.2) is 0 Å². The van der Waals surface area contributed by atoms with E-state index in [1.165, 1.54) is 12.8 Å². The van der Waals surface area contributed by atoms with Crippen LogP contribution in [0.15, 0.2) is 12.3 Å². The lowest BCUT2D eigenvalue weighted by atomic mass is 10.4. The summed E-state index contributed by atoms with van der Waals surface area (Å²) in [6, 6.07) is 2.67. The predicted octanol–water partition coefficient (Wildman–Crippen LogP) is 1.10. The van der Waals surface area contributed by atoms with E-state index in [2.05, 4.69) is 5.10 Å². The Morgan fingerprint density at radius 3 is 2.82 bits per heavy atom. The van der Waals surface area contributed by atoms with Gasteiger partial charge in [0.25, 0.3) is 0 Å². The fraction of sp³-hybridized carbons (Fsp3) is 0.571. The Balaban J connectivity index is 0.000000605. The van der Waals surface area contributed by atoms with Crippen molar-refractivity contribution in [1.29, 1.82) is 0 Å². The third kappa shape index (κ3) is 1.73. The zero-order chi connectivity index (χ0) is 6.97. The molecule has 0 saturated heterocycles. The molecule has 0 aromatic carbocycles. The topological polar surface area (TPSA) is 43.8 Å². The van der Waals surface area contributed by atoms with Gasteiger partial charge in [0.05, 0.1) is 11.7 Å². The van der Waals surface area contributed by atoms with Crippen LogP contribution in [-0.2, 0) is 6.54 Å². The van der Waals surface area contributed by atoms with Crippen LogP contribution in [0.25, 0.3) is 0 Å². The number of hydrogen-bond donors (Lipinski definition) is 1. The van der Waals surface area contributed by atoms with Crippen molar-refractivity contribution in [3.8, 4) is 0 Å². The molecule has 0 aliphatic heterocycles. The van der Waals surface area contributed by atoms with Crippen molar-refractivity contribution in [2.75, 3.05) is 0 Å². The first kappa shape index (κ1) is 8.56. The summed E-state index contributed by atoms with van der Waals surface area (Å²) < 4.78 is 2.02. The highest BCUT2D eigenvalue weighted by Crippen LogP contribution is 2.33. The summed E-state index contributed by atoms with van der Waals surface area (Å²) >= 11 is 0. The zero-order valence-corrected chi connectivity index (χ0v) is 7.05. The summed E-state index contributed by atoms with van der Waals surface area (Å²) in [4.78, 5) is 0. The van der Waals surface area contributed by atoms with Crippen molar-refractivity contribution in [2.24, 2.45) is 5.73 Å². The van der Waals surface area contributed by atoms with E-state index in [1.54, 1.807) is 0 Å². The van der Waals surface area contributed by atoms with Gasteiger partial charge in [-0.05, 0) is 18.9 Å². The average molecular weight is 174 g/mol. The molecule has 0 bridgehead atoms. The maximum atomic E-state index is 5.41. The second-order valence-corrected chi connectivity index (χ2v) is 2.72. The molecule has 1 saturated carbocycles. The van der Waals surface area contributed by atoms with E-state index in [0.717, 1.165) is 5.69 Å². The van der Waals surface area contributed by atoms with Crippen LogP contribution >= 0.6 is 12.4 Å². The number of halogens is 1. The standard InChI is InChI=1S/C7H11N3.ClH/c8-5-6-3-4-10(9-6)7-1-2-7;/h3-4,7H,1-2,5,8H2;1H. The molecule has 4 heteroatoms. The van der Waals surface area contributed by atoms with Crippen LogP contribution in [0, 0.1) is 0 Å². The van der Waals surface area contributed by atoms with Gasteiger partial charge in [0, 0.05) is 12.7 Å². The Bertz CT molecular complexity index is 229. The molecule has 0 amide bonds. The van der Waals surface area contributed by atoms with Crippen LogP contribution in [-0.4, -0.2) is 9.78 Å². The molecule has 2 N–H and O–H groups in total. The number of aromatic nitrogens is 2. The average Bonchev–Trinajstić information content (AvgIpc) is 2.70. The minimum atomic E-state index is 0. The lowest BCUT2D eigenvalue weighted by molar-refractivity contribution is 0.630. The highest BCUT2D eigenvalue weighted by Gasteiger charge is 2.23. The molecule has 1 fully saturated rings. The first-order chi connectivity index (χ1) is 4.90. The molecule has 1 aromatic rings. The molecular formula is C7H12ClN3. The lowest BCUT2D eigenvalue weighted by Gasteiger charge is -1.93. The van der Waals surface area contributed by atoms with E-state index < -0.39 is 0 Å². The SMILES string of the molecule is Cl.NCc1ccn(C2CC2)n1. The molecule has 62 valence electrons. The fourth-order valence-electron chi connectivity index (χ4n) is 1.03. The van der Waals surface area contributed by atoms with Crippen molar-refractivity contribution < 1.29 is 0 Å². The molecule has 1 aromatic heterocycles. The molecule has 1 aliphatic carbocycles. The van der Waals surface area contributed by atoms with Crippen molar-refractivity contribution in [3.05, 3.63) is 18.0 Å². The van der Waals surface area contributed by atoms with E-state index in [9.17, 15) is 0 Å². The Morgan fingerprint density at radius 2 is 2.36 bits per heavy atom. The number of hydrogen-bond acceptors (Lipinski definition) is 2. The highest BCUT2D eigenvalue weighted by atomic mass is 35.5. The number of nitrogens with two attached hydrogens (primary N) is 1. The minimum absolute atomic E-state index is 0. The number of nitrogens with zero attached hydrogens (tertiary/aromatic N) is 2. The maximum Gasteiger partial charge on any atom is 0.0760 e. The normalized spacial score (nSPS) is 16.1. The van der Waals surface area contributed by atoms with Gasteiger partial charge in [-0.15, -0.1) is 12.4 Å². The van der Waals surface area contributed by atoms with Gasteiger partial charge < -0.3 is 5.73 Å². The van der Waals surface area contributed by atoms with Gasteiger partial charge in [-0.3, -0.25) is 4.68 Å². The van der Waals surface area contributed by atoms with Gasteiger partial charge in [-0.1, -0.05) is 0 Å². The number of rotatable bonds is 2. The van der Waals surface area contributed by atoms with Crippen molar-refractivity contribution in [2.45, 2.75) is 25.4 Å². The van der Waals surface area contributed by atoms with Crippen LogP contribution in [0.5, 0.6) is 0 Å². The van der Waals surface area contributed by atoms with Crippen molar-refractivity contribution >= 4 is 12.4 Å². The fourth-order valence-corrected chi connectivity index (χ4v) is 1.03. The van der Waals surface area contributed by atoms with Crippen molar-refractivity contribution in [3.63, 3.8) is 0 Å². The summed E-state index contributed by atoms with van der Waals surface area (Å²) in [7, 11) is 0. The first-order valence-corrected chi connectivity index (χ1v) is 3.64. The summed E-state index contributed by atoms with van der Waals surface area (Å²) in [5.41, 5.74) is 6.40. The van der Waals surface area contributed by atoms with Gasteiger partial charge in [0.1, 0.15) is 0 Å². The first-order valence-electron chi connectivity index (χ1n) is 3.64. The van der Waals surface area contributed by atoms with E-state index >= 15 is 0 Å². The van der Waals surface area contributed by atoms with Crippen LogP contribution in [0.2, 0.25) is 0 Å². The van der Waals surface area contributed by atoms with E-state index in [0.29, 0.717) is 12.6 Å². The Morgan fingerprint density at radius 1 is 1.64 bits per heavy atom. The smallest absolute Gasteiger partial charge is 0.0760 e. The van der Waals surface area contributed by atoms with Crippen LogP contribution < -0.4 is 5.73 Å². The van der Waals surface area contributed by atoms with Gasteiger partial charge in [0.2, 0.25) is 0 Å². The second-order valence-electron chi connectivity index (χ2n) is 2.72. The molecule has 1 aliphatic rings. The predicted molar refractivity (Wildman–Crippen MR) is 45.6 cm³/mol. The lowest BCUT2D eigenvalue weighted by Crippen LogP contribution is -2.00. The molecule has 2 rings (SSSR count). The molecule has 0 unspecified atom stereocenters. The van der Waals surface area contributed by atoms with Gasteiger partial charge >= 0.3 is 0 Å². The third-order valence-corrected chi connectivity index (χ3v) is 1.79. The molecule has 0 spiro atoms. The summed E-state index contributed by atoms with van der Waals surface area (Å²) in [5.74, 6) is 0. The Kier molecular flexibility index (Phi) is 2.52. The molecule has 11 heavy (non-hydrogen) atoms. The van der Waals surface area contributed by atoms with E-state index in [1.807, 2.05) is 16.9 Å². The summed E-state index contributed by atoms with van der Waals surface area (Å²) in [5, 5.41) is 4.28. The van der Waals surface area contributed by atoms with E-state index in [-0.39, 0.29) is 12.4 Å². The second kappa shape index (κ2) is 3.24. The minimum Gasteiger partial charge on any atom is -0.325 e. The van der Waals surface area contributed by atoms with Gasteiger partial charge in [-0.25, -0.2) is 0 Å². The van der Waals surface area contributed by atoms with Crippen LogP contribution in [0.1, 0.15) is 24.6 Å². The molecule has 0 radical (unpaired) electrons. The zero-order valence-electron chi connectivity index (χ0n) is 6.23. The molecular weight excluding hydrogens is 162 g/mol. The van der Waals surface area contributed by atoms with E-state index in [4.69, 9.17) is 5.73 Å².